The van der Waals surface area contributed by atoms with Gasteiger partial charge in [-0.25, -0.2) is 12.9 Å². The molecule has 4 unspecified atom stereocenters. The van der Waals surface area contributed by atoms with Crippen LogP contribution in [0.25, 0.3) is 0 Å². The summed E-state index contributed by atoms with van der Waals surface area (Å²) in [4.78, 5) is 69.8. The molecule has 0 rings (SSSR count). The molecule has 0 radical (unpaired) electrons. The zero-order chi connectivity index (χ0) is 17.3. The minimum atomic E-state index is -6.53. The van der Waals surface area contributed by atoms with E-state index in [-0.39, 0.29) is 113 Å². The van der Waals surface area contributed by atoms with E-state index in [1.807, 2.05) is 0 Å². The number of rotatable bonds is 8. The third-order valence-corrected chi connectivity index (χ3v) is 7.23. The molecule has 0 bridgehead atoms. The summed E-state index contributed by atoms with van der Waals surface area (Å²) in [6.07, 6.45) is 0. The molecule has 0 aromatic carbocycles. The van der Waals surface area contributed by atoms with E-state index in [2.05, 4.69) is 17.2 Å². The molecular weight excluding hydrogens is 531 g/mol. The van der Waals surface area contributed by atoms with Crippen LogP contribution in [0, 0.1) is 0 Å². The van der Waals surface area contributed by atoms with Crippen LogP contribution in [0.2, 0.25) is 0 Å². The van der Waals surface area contributed by atoms with Crippen LogP contribution >= 0.6 is 39.1 Å². The van der Waals surface area contributed by atoms with E-state index in [4.69, 9.17) is 4.89 Å². The van der Waals surface area contributed by atoms with Gasteiger partial charge in [-0.05, 0) is 0 Å². The Morgan fingerprint density at radius 2 is 0.792 bits per heavy atom. The molecule has 1 N–H and O–H groups in total. The Morgan fingerprint density at radius 3 is 1.04 bits per heavy atom. The Labute approximate surface area is 222 Å². The van der Waals surface area contributed by atoms with Crippen LogP contribution < -0.4 is 29.4 Å². The average Bonchev–Trinajstić information content (AvgIpc) is 1.83. The van der Waals surface area contributed by atoms with E-state index in [0.29, 0.717) is 0 Å². The third-order valence-electron chi connectivity index (χ3n) is 0.803. The Morgan fingerprint density at radius 1 is 0.542 bits per heavy atom. The zero-order valence-corrected chi connectivity index (χ0v) is 22.0. The first kappa shape index (κ1) is 35.9. The van der Waals surface area contributed by atoms with Crippen molar-refractivity contribution in [3.63, 3.8) is 0 Å². The van der Waals surface area contributed by atoms with Crippen LogP contribution in [0.4, 0.5) is 0 Å². The molecule has 128 valence electrons. The smallest absolute Gasteiger partial charge is 0.790 e. The molecule has 4 atom stereocenters. The maximum atomic E-state index is 10.7. The van der Waals surface area contributed by atoms with Gasteiger partial charge in [0.15, 0.2) is 0 Å². The van der Waals surface area contributed by atoms with Crippen molar-refractivity contribution in [2.24, 2.45) is 0 Å². The Bertz CT molecular complexity index is 559. The van der Waals surface area contributed by atoms with E-state index in [9.17, 15) is 52.2 Å². The van der Waals surface area contributed by atoms with E-state index in [1.165, 1.54) is 0 Å². The van der Waals surface area contributed by atoms with Crippen LogP contribution in [0.1, 0.15) is 0 Å². The molecule has 0 aliphatic rings. The van der Waals surface area contributed by atoms with Crippen molar-refractivity contribution in [3.05, 3.63) is 0 Å². The summed E-state index contributed by atoms with van der Waals surface area (Å²) in [5, 5.41) is 0. The summed E-state index contributed by atoms with van der Waals surface area (Å²) in [6, 6.07) is 0. The molecule has 24 heteroatoms. The second-order valence-corrected chi connectivity index (χ2v) is 9.71. The van der Waals surface area contributed by atoms with Crippen LogP contribution in [0.3, 0.4) is 0 Å². The van der Waals surface area contributed by atoms with E-state index >= 15 is 0 Å². The average molecular weight is 532 g/mol. The van der Waals surface area contributed by atoms with Gasteiger partial charge in [0.1, 0.15) is 0 Å². The molecule has 0 aliphatic carbocycles. The molecule has 24 heavy (non-hydrogen) atoms. The minimum absolute atomic E-state index is 0. The van der Waals surface area contributed by atoms with E-state index in [0.717, 1.165) is 0 Å². The van der Waals surface area contributed by atoms with Gasteiger partial charge in [0.05, 0.1) is 7.82 Å². The fraction of sp³-hybridized carbons (Fsp3) is 0. The Balaban J connectivity index is -0.000000667. The summed E-state index contributed by atoms with van der Waals surface area (Å²) in [6.45, 7) is 0. The largest absolute Gasteiger partial charge is 2.00 e. The molecular formula is HCa3O16P5. The van der Waals surface area contributed by atoms with Crippen molar-refractivity contribution in [1.82, 2.24) is 0 Å². The van der Waals surface area contributed by atoms with Gasteiger partial charge in [-0.1, -0.05) is 0 Å². The van der Waals surface area contributed by atoms with Crippen LogP contribution in [0.15, 0.2) is 0 Å². The van der Waals surface area contributed by atoms with Gasteiger partial charge in [-0.2, -0.15) is 0 Å². The van der Waals surface area contributed by atoms with E-state index in [1.54, 1.807) is 0 Å². The molecule has 0 aromatic rings. The number of hydrogen-bond donors (Lipinski definition) is 1. The first-order valence-corrected chi connectivity index (χ1v) is 11.0. The SMILES string of the molecule is O=P([O-])([O-])OP(=O)([O-])OP(=O)([O-])OP(=O)([O-])OP(=O)([O-])O.[Ca+2].[Ca+2].[Ca+2]. The fourth-order valence-electron chi connectivity index (χ4n) is 0.539. The summed E-state index contributed by atoms with van der Waals surface area (Å²) in [7, 11) is -31.7. The quantitative estimate of drug-likeness (QED) is 0.225. The van der Waals surface area contributed by atoms with Crippen LogP contribution in [-0.2, 0) is 40.1 Å². The van der Waals surface area contributed by atoms with Gasteiger partial charge in [0.25, 0.3) is 31.3 Å². The first-order valence-electron chi connectivity index (χ1n) is 3.67. The Hall–Kier alpha value is 4.49. The standard InChI is InChI=1S/3Ca.H7O16P5/c;;;1-17(2,3)13-19(7,8)15-21(11,12)16-20(9,10)14-18(4,5)6/h;;;(H,7,8)(H,9,10)(H,11,12)(H2,1,2,3)(H2,4,5,6)/q3*+2;/p-6. The van der Waals surface area contributed by atoms with Crippen molar-refractivity contribution in [2.75, 3.05) is 0 Å². The molecule has 0 amide bonds. The summed E-state index contributed by atoms with van der Waals surface area (Å²) >= 11 is 0. The summed E-state index contributed by atoms with van der Waals surface area (Å²) < 4.78 is 62.9. The first-order chi connectivity index (χ1) is 8.83. The topological polar surface area (TPSA) is 281 Å². The molecule has 0 saturated carbocycles. The van der Waals surface area contributed by atoms with Crippen molar-refractivity contribution in [1.29, 1.82) is 0 Å². The molecule has 0 spiro atoms. The van der Waals surface area contributed by atoms with Gasteiger partial charge in [0.2, 0.25) is 0 Å². The third kappa shape index (κ3) is 21.2. The van der Waals surface area contributed by atoms with Gasteiger partial charge < -0.3 is 38.8 Å². The maximum Gasteiger partial charge on any atom is 2.00 e. The van der Waals surface area contributed by atoms with Crippen molar-refractivity contribution >= 4 is 152 Å². The van der Waals surface area contributed by atoms with Gasteiger partial charge in [-0.15, -0.1) is 0 Å². The van der Waals surface area contributed by atoms with E-state index < -0.39 is 39.1 Å². The van der Waals surface area contributed by atoms with Gasteiger partial charge in [0, 0.05) is 0 Å². The monoisotopic (exact) mass is 532 g/mol. The summed E-state index contributed by atoms with van der Waals surface area (Å²) in [5.74, 6) is 0. The molecule has 0 fully saturated rings. The van der Waals surface area contributed by atoms with Gasteiger partial charge in [-0.3, -0.25) is 22.6 Å². The second kappa shape index (κ2) is 13.0. The summed E-state index contributed by atoms with van der Waals surface area (Å²) in [5.41, 5.74) is 0. The van der Waals surface area contributed by atoms with Crippen molar-refractivity contribution < 1.29 is 74.3 Å². The maximum absolute atomic E-state index is 10.7. The Kier molecular flexibility index (Phi) is 19.5. The number of hydrogen-bond acceptors (Lipinski definition) is 15. The minimum Gasteiger partial charge on any atom is -0.790 e. The fourth-order valence-corrected chi connectivity index (χ4v) is 5.65. The predicted octanol–water partition coefficient (Wildman–Crippen LogP) is -5.39. The van der Waals surface area contributed by atoms with Gasteiger partial charge >= 0.3 is 113 Å². The van der Waals surface area contributed by atoms with Crippen molar-refractivity contribution in [3.8, 4) is 0 Å². The normalized spacial score (nSPS) is 21.3. The predicted molar refractivity (Wildman–Crippen MR) is 61.9 cm³/mol. The zero-order valence-electron chi connectivity index (χ0n) is 10.9. The molecule has 0 saturated heterocycles. The number of phosphoric acid groups is 5. The molecule has 0 aliphatic heterocycles. The van der Waals surface area contributed by atoms with Crippen molar-refractivity contribution in [2.45, 2.75) is 0 Å². The molecule has 0 heterocycles. The molecule has 0 aromatic heterocycles. The van der Waals surface area contributed by atoms with Crippen LogP contribution in [0.5, 0.6) is 0 Å². The second-order valence-electron chi connectivity index (χ2n) is 2.58. The molecule has 16 nitrogen and oxygen atoms in total. The van der Waals surface area contributed by atoms with Crippen LogP contribution in [-0.4, -0.2) is 118 Å².